The molecule has 0 atom stereocenters. The van der Waals surface area contributed by atoms with Crippen molar-refractivity contribution in [3.8, 4) is 0 Å². The van der Waals surface area contributed by atoms with Crippen molar-refractivity contribution in [3.05, 3.63) is 35.4 Å². The third-order valence-corrected chi connectivity index (χ3v) is 5.39. The predicted molar refractivity (Wildman–Crippen MR) is 118 cm³/mol. The van der Waals surface area contributed by atoms with Crippen LogP contribution >= 0.6 is 0 Å². The standard InChI is InChI=1S/C25H46N/c1-6-7-8-9-10-11-12-13-14-15-20-26(4,5)22-25-18-16-24(17-19-25)21-23(2)3/h16-19,23H,6-15,20-22H2,1-5H3/q+1. The first-order valence-electron chi connectivity index (χ1n) is 11.3. The molecule has 0 saturated carbocycles. The number of quaternary nitrogens is 1. The zero-order chi connectivity index (χ0) is 19.3. The van der Waals surface area contributed by atoms with Crippen LogP contribution in [0.5, 0.6) is 0 Å². The first kappa shape index (κ1) is 23.2. The van der Waals surface area contributed by atoms with Crippen LogP contribution in [0, 0.1) is 5.92 Å². The van der Waals surface area contributed by atoms with Gasteiger partial charge in [-0.25, -0.2) is 0 Å². The molecule has 0 aromatic heterocycles. The molecule has 0 saturated heterocycles. The lowest BCUT2D eigenvalue weighted by molar-refractivity contribution is -0.903. The highest BCUT2D eigenvalue weighted by atomic mass is 15.3. The van der Waals surface area contributed by atoms with E-state index >= 15 is 0 Å². The quantitative estimate of drug-likeness (QED) is 0.226. The SMILES string of the molecule is CCCCCCCCCCCC[N+](C)(C)Cc1ccc(CC(C)C)cc1. The molecule has 0 bridgehead atoms. The first-order valence-corrected chi connectivity index (χ1v) is 11.3. The summed E-state index contributed by atoms with van der Waals surface area (Å²) in [7, 11) is 4.77. The minimum absolute atomic E-state index is 0.740. The van der Waals surface area contributed by atoms with Crippen LogP contribution in [0.15, 0.2) is 24.3 Å². The topological polar surface area (TPSA) is 0 Å². The Balaban J connectivity index is 2.14. The van der Waals surface area contributed by atoms with Crippen LogP contribution in [0.2, 0.25) is 0 Å². The Labute approximate surface area is 164 Å². The summed E-state index contributed by atoms with van der Waals surface area (Å²) in [6.07, 6.45) is 15.4. The molecule has 0 fully saturated rings. The molecule has 1 aromatic rings. The molecule has 0 radical (unpaired) electrons. The van der Waals surface area contributed by atoms with Gasteiger partial charge in [0.05, 0.1) is 20.6 Å². The van der Waals surface area contributed by atoms with Gasteiger partial charge >= 0.3 is 0 Å². The van der Waals surface area contributed by atoms with Crippen LogP contribution in [0.4, 0.5) is 0 Å². The largest absolute Gasteiger partial charge is 0.325 e. The van der Waals surface area contributed by atoms with E-state index in [1.54, 1.807) is 0 Å². The molecule has 0 heterocycles. The van der Waals surface area contributed by atoms with E-state index < -0.39 is 0 Å². The summed E-state index contributed by atoms with van der Waals surface area (Å²) in [5, 5.41) is 0. The summed E-state index contributed by atoms with van der Waals surface area (Å²) in [4.78, 5) is 0. The second-order valence-electron chi connectivity index (χ2n) is 9.41. The molecule has 0 aliphatic rings. The molecule has 0 unspecified atom stereocenters. The first-order chi connectivity index (χ1) is 12.4. The molecule has 1 rings (SSSR count). The third-order valence-electron chi connectivity index (χ3n) is 5.39. The Morgan fingerprint density at radius 2 is 1.15 bits per heavy atom. The summed E-state index contributed by atoms with van der Waals surface area (Å²) in [6.45, 7) is 9.33. The maximum Gasteiger partial charge on any atom is 0.104 e. The molecule has 0 aliphatic heterocycles. The average molecular weight is 361 g/mol. The fourth-order valence-electron chi connectivity index (χ4n) is 3.85. The number of nitrogens with zero attached hydrogens (tertiary/aromatic N) is 1. The van der Waals surface area contributed by atoms with Gasteiger partial charge in [-0.15, -0.1) is 0 Å². The van der Waals surface area contributed by atoms with E-state index in [4.69, 9.17) is 0 Å². The molecule has 1 aromatic carbocycles. The van der Waals surface area contributed by atoms with Gasteiger partial charge in [-0.2, -0.15) is 0 Å². The van der Waals surface area contributed by atoms with Crippen molar-refractivity contribution in [3.63, 3.8) is 0 Å². The van der Waals surface area contributed by atoms with Crippen LogP contribution in [0.3, 0.4) is 0 Å². The van der Waals surface area contributed by atoms with E-state index in [9.17, 15) is 0 Å². The highest BCUT2D eigenvalue weighted by molar-refractivity contribution is 5.22. The molecule has 150 valence electrons. The molecule has 0 N–H and O–H groups in total. The maximum atomic E-state index is 2.38. The Hall–Kier alpha value is -0.820. The van der Waals surface area contributed by atoms with Crippen molar-refractivity contribution in [2.75, 3.05) is 20.6 Å². The average Bonchev–Trinajstić information content (AvgIpc) is 2.57. The van der Waals surface area contributed by atoms with E-state index in [-0.39, 0.29) is 0 Å². The summed E-state index contributed by atoms with van der Waals surface area (Å²) >= 11 is 0. The van der Waals surface area contributed by atoms with Crippen molar-refractivity contribution in [1.82, 2.24) is 0 Å². The van der Waals surface area contributed by atoms with Crippen molar-refractivity contribution < 1.29 is 4.48 Å². The van der Waals surface area contributed by atoms with Crippen molar-refractivity contribution >= 4 is 0 Å². The Kier molecular flexibility index (Phi) is 11.9. The number of unbranched alkanes of at least 4 members (excludes halogenated alkanes) is 9. The van der Waals surface area contributed by atoms with Gasteiger partial charge in [-0.1, -0.05) is 96.4 Å². The van der Waals surface area contributed by atoms with E-state index in [1.807, 2.05) is 0 Å². The summed E-state index contributed by atoms with van der Waals surface area (Å²) in [5.74, 6) is 0.740. The highest BCUT2D eigenvalue weighted by Gasteiger charge is 2.15. The van der Waals surface area contributed by atoms with Gasteiger partial charge in [-0.05, 0) is 30.7 Å². The lowest BCUT2D eigenvalue weighted by atomic mass is 10.0. The second-order valence-corrected chi connectivity index (χ2v) is 9.41. The number of hydrogen-bond donors (Lipinski definition) is 0. The Morgan fingerprint density at radius 3 is 1.65 bits per heavy atom. The zero-order valence-corrected chi connectivity index (χ0v) is 18.5. The minimum atomic E-state index is 0.740. The molecular weight excluding hydrogens is 314 g/mol. The zero-order valence-electron chi connectivity index (χ0n) is 18.5. The van der Waals surface area contributed by atoms with Gasteiger partial charge in [0.25, 0.3) is 0 Å². The van der Waals surface area contributed by atoms with Crippen LogP contribution in [0.25, 0.3) is 0 Å². The summed E-state index contributed by atoms with van der Waals surface area (Å²) < 4.78 is 1.11. The molecule has 0 amide bonds. The van der Waals surface area contributed by atoms with Crippen molar-refractivity contribution in [1.29, 1.82) is 0 Å². The Bertz CT molecular complexity index is 444. The van der Waals surface area contributed by atoms with E-state index in [0.29, 0.717) is 0 Å². The predicted octanol–water partition coefficient (Wildman–Crippen LogP) is 7.38. The molecular formula is C25H46N+. The van der Waals surface area contributed by atoms with E-state index in [0.717, 1.165) is 16.9 Å². The fourth-order valence-corrected chi connectivity index (χ4v) is 3.85. The number of benzene rings is 1. The van der Waals surface area contributed by atoms with Crippen LogP contribution in [-0.4, -0.2) is 25.1 Å². The lowest BCUT2D eigenvalue weighted by Crippen LogP contribution is -2.39. The summed E-state index contributed by atoms with van der Waals surface area (Å²) in [6, 6.07) is 9.35. The highest BCUT2D eigenvalue weighted by Crippen LogP contribution is 2.16. The molecule has 1 nitrogen and oxygen atoms in total. The molecule has 0 spiro atoms. The number of rotatable bonds is 15. The van der Waals surface area contributed by atoms with Crippen LogP contribution in [-0.2, 0) is 13.0 Å². The van der Waals surface area contributed by atoms with E-state index in [1.165, 1.54) is 88.3 Å². The maximum absolute atomic E-state index is 2.38. The van der Waals surface area contributed by atoms with Gasteiger partial charge in [0.15, 0.2) is 0 Å². The summed E-state index contributed by atoms with van der Waals surface area (Å²) in [5.41, 5.74) is 2.96. The molecule has 0 aliphatic carbocycles. The molecule has 26 heavy (non-hydrogen) atoms. The third kappa shape index (κ3) is 11.7. The van der Waals surface area contributed by atoms with E-state index in [2.05, 4.69) is 59.1 Å². The van der Waals surface area contributed by atoms with Crippen LogP contribution < -0.4 is 0 Å². The van der Waals surface area contributed by atoms with Gasteiger partial charge in [0, 0.05) is 5.56 Å². The van der Waals surface area contributed by atoms with Gasteiger partial charge in [0.2, 0.25) is 0 Å². The van der Waals surface area contributed by atoms with Crippen molar-refractivity contribution in [2.45, 2.75) is 97.9 Å². The number of hydrogen-bond acceptors (Lipinski definition) is 0. The smallest absolute Gasteiger partial charge is 0.104 e. The van der Waals surface area contributed by atoms with Crippen LogP contribution in [0.1, 0.15) is 96.1 Å². The van der Waals surface area contributed by atoms with Gasteiger partial charge < -0.3 is 4.48 Å². The fraction of sp³-hybridized carbons (Fsp3) is 0.760. The normalized spacial score (nSPS) is 12.1. The van der Waals surface area contributed by atoms with Crippen molar-refractivity contribution in [2.24, 2.45) is 5.92 Å². The Morgan fingerprint density at radius 1 is 0.692 bits per heavy atom. The monoisotopic (exact) mass is 360 g/mol. The molecule has 1 heteroatoms. The lowest BCUT2D eigenvalue weighted by Gasteiger charge is -2.30. The second kappa shape index (κ2) is 13.4. The van der Waals surface area contributed by atoms with Gasteiger partial charge in [0.1, 0.15) is 6.54 Å². The van der Waals surface area contributed by atoms with Gasteiger partial charge in [-0.3, -0.25) is 0 Å². The minimum Gasteiger partial charge on any atom is -0.325 e.